The lowest BCUT2D eigenvalue weighted by Gasteiger charge is -2.29. The van der Waals surface area contributed by atoms with Crippen LogP contribution in [-0.2, 0) is 15.2 Å². The monoisotopic (exact) mass is 472 g/mol. The van der Waals surface area contributed by atoms with Gasteiger partial charge in [0.2, 0.25) is 5.91 Å². The minimum Gasteiger partial charge on any atom is -0.374 e. The minimum atomic E-state index is -4.77. The highest BCUT2D eigenvalue weighted by molar-refractivity contribution is 6.34. The van der Waals surface area contributed by atoms with E-state index in [1.54, 1.807) is 25.1 Å². The number of rotatable bonds is 5. The zero-order valence-electron chi connectivity index (χ0n) is 17.1. The molecule has 3 rings (SSSR count). The third kappa shape index (κ3) is 4.99. The lowest BCUT2D eigenvalue weighted by atomic mass is 9.86. The number of hydrogen-bond acceptors (Lipinski definition) is 3. The summed E-state index contributed by atoms with van der Waals surface area (Å²) in [6, 6.07) is 8.66. The molecule has 2 aromatic rings. The Morgan fingerprint density at radius 1 is 1.19 bits per heavy atom. The molecule has 0 spiro atoms. The Morgan fingerprint density at radius 3 is 2.42 bits per heavy atom. The molecule has 1 atom stereocenters. The summed E-state index contributed by atoms with van der Waals surface area (Å²) in [7, 11) is 0. The number of oxime groups is 1. The van der Waals surface area contributed by atoms with Crippen molar-refractivity contribution in [1.29, 1.82) is 0 Å². The molecule has 1 amide bonds. The highest BCUT2D eigenvalue weighted by Gasteiger charge is 2.62. The summed E-state index contributed by atoms with van der Waals surface area (Å²) in [5.41, 5.74) is -1.11. The van der Waals surface area contributed by atoms with Crippen LogP contribution in [0.2, 0.25) is 10.0 Å². The lowest BCUT2D eigenvalue weighted by Crippen LogP contribution is -2.42. The Morgan fingerprint density at radius 2 is 1.84 bits per heavy atom. The van der Waals surface area contributed by atoms with Gasteiger partial charge in [-0.15, -0.1) is 0 Å². The average molecular weight is 473 g/mol. The summed E-state index contributed by atoms with van der Waals surface area (Å²) < 4.78 is 42.4. The zero-order valence-corrected chi connectivity index (χ0v) is 18.6. The van der Waals surface area contributed by atoms with Gasteiger partial charge < -0.3 is 10.2 Å². The summed E-state index contributed by atoms with van der Waals surface area (Å²) in [5, 5.41) is 6.70. The van der Waals surface area contributed by atoms with E-state index in [0.717, 1.165) is 5.56 Å². The molecule has 0 aromatic heterocycles. The first-order valence-corrected chi connectivity index (χ1v) is 10.4. The Kier molecular flexibility index (Phi) is 6.58. The van der Waals surface area contributed by atoms with Crippen LogP contribution in [0.4, 0.5) is 18.9 Å². The maximum Gasteiger partial charge on any atom is 0.435 e. The number of alkyl halides is 3. The molecule has 4 nitrogen and oxygen atoms in total. The fourth-order valence-corrected chi connectivity index (χ4v) is 3.88. The van der Waals surface area contributed by atoms with Crippen LogP contribution in [-0.4, -0.2) is 17.8 Å². The molecule has 166 valence electrons. The predicted octanol–water partition coefficient (Wildman–Crippen LogP) is 6.87. The van der Waals surface area contributed by atoms with Crippen LogP contribution in [0.25, 0.3) is 0 Å². The number of halogens is 5. The average Bonchev–Trinajstić information content (AvgIpc) is 3.09. The number of nitrogens with zero attached hydrogens (tertiary/aromatic N) is 1. The molecule has 0 radical (unpaired) electrons. The van der Waals surface area contributed by atoms with Gasteiger partial charge in [0.25, 0.3) is 5.60 Å². The van der Waals surface area contributed by atoms with Gasteiger partial charge in [0.1, 0.15) is 0 Å². The quantitative estimate of drug-likeness (QED) is 0.516. The second-order valence-corrected chi connectivity index (χ2v) is 8.84. The highest BCUT2D eigenvalue weighted by Crippen LogP contribution is 2.49. The van der Waals surface area contributed by atoms with Crippen LogP contribution in [0, 0.1) is 12.8 Å². The predicted molar refractivity (Wildman–Crippen MR) is 116 cm³/mol. The second-order valence-electron chi connectivity index (χ2n) is 7.96. The number of anilines is 1. The van der Waals surface area contributed by atoms with E-state index >= 15 is 0 Å². The van der Waals surface area contributed by atoms with Crippen LogP contribution >= 0.6 is 23.2 Å². The van der Waals surface area contributed by atoms with Crippen molar-refractivity contribution in [1.82, 2.24) is 0 Å². The van der Waals surface area contributed by atoms with Crippen molar-refractivity contribution in [3.8, 4) is 0 Å². The molecule has 0 aliphatic carbocycles. The summed E-state index contributed by atoms with van der Waals surface area (Å²) in [5.74, 6) is 0.00564. The number of amides is 1. The number of hydrogen-bond donors (Lipinski definition) is 1. The van der Waals surface area contributed by atoms with Gasteiger partial charge in [0, 0.05) is 39.7 Å². The van der Waals surface area contributed by atoms with E-state index in [4.69, 9.17) is 28.0 Å². The van der Waals surface area contributed by atoms with Crippen LogP contribution in [0.1, 0.15) is 43.4 Å². The zero-order chi connectivity index (χ0) is 23.0. The van der Waals surface area contributed by atoms with Gasteiger partial charge in [0.05, 0.1) is 5.71 Å². The Balaban J connectivity index is 1.93. The van der Waals surface area contributed by atoms with Crippen molar-refractivity contribution in [2.75, 3.05) is 5.32 Å². The van der Waals surface area contributed by atoms with Crippen molar-refractivity contribution in [2.24, 2.45) is 11.1 Å². The van der Waals surface area contributed by atoms with Gasteiger partial charge >= 0.3 is 6.18 Å². The van der Waals surface area contributed by atoms with Gasteiger partial charge in [-0.25, -0.2) is 0 Å². The standard InChI is InChI=1S/C22H21Cl2F3N2O2/c1-12(2)6-20(30)28-18-7-14(5-4-13(18)3)19-11-21(31-29-19,22(25,26)27)15-8-16(23)10-17(24)9-15/h4-5,7-10,12H,6,11H2,1-3H3,(H,28,30). The number of carbonyl (C=O) groups excluding carboxylic acids is 1. The summed E-state index contributed by atoms with van der Waals surface area (Å²) >= 11 is 11.9. The smallest absolute Gasteiger partial charge is 0.374 e. The molecule has 1 aliphatic rings. The third-order valence-electron chi connectivity index (χ3n) is 4.95. The third-order valence-corrected chi connectivity index (χ3v) is 5.39. The minimum absolute atomic E-state index is 0.0636. The molecule has 31 heavy (non-hydrogen) atoms. The molecular weight excluding hydrogens is 452 g/mol. The van der Waals surface area contributed by atoms with E-state index in [1.165, 1.54) is 18.2 Å². The topological polar surface area (TPSA) is 50.7 Å². The maximum absolute atomic E-state index is 14.1. The Bertz CT molecular complexity index is 1020. The van der Waals surface area contributed by atoms with E-state index in [-0.39, 0.29) is 33.1 Å². The molecule has 1 aliphatic heterocycles. The van der Waals surface area contributed by atoms with Crippen LogP contribution in [0.3, 0.4) is 0 Å². The lowest BCUT2D eigenvalue weighted by molar-refractivity contribution is -0.275. The van der Waals surface area contributed by atoms with E-state index in [0.29, 0.717) is 17.7 Å². The molecule has 0 bridgehead atoms. The fraction of sp³-hybridized carbons (Fsp3) is 0.364. The normalized spacial score (nSPS) is 18.7. The number of aryl methyl sites for hydroxylation is 1. The molecule has 1 unspecified atom stereocenters. The molecule has 1 heterocycles. The van der Waals surface area contributed by atoms with E-state index in [9.17, 15) is 18.0 Å². The molecule has 1 N–H and O–H groups in total. The van der Waals surface area contributed by atoms with E-state index in [1.807, 2.05) is 13.8 Å². The summed E-state index contributed by atoms with van der Waals surface area (Å²) in [6.45, 7) is 5.65. The van der Waals surface area contributed by atoms with E-state index < -0.39 is 18.2 Å². The Hall–Kier alpha value is -2.25. The molecule has 0 saturated carbocycles. The SMILES string of the molecule is Cc1ccc(C2=NOC(c3cc(Cl)cc(Cl)c3)(C(F)(F)F)C2)cc1NC(=O)CC(C)C. The number of nitrogens with one attached hydrogen (secondary N) is 1. The van der Waals surface area contributed by atoms with Gasteiger partial charge in [-0.3, -0.25) is 4.79 Å². The molecule has 2 aromatic carbocycles. The molecular formula is C22H21Cl2F3N2O2. The summed E-state index contributed by atoms with van der Waals surface area (Å²) in [6.07, 6.45) is -5.00. The van der Waals surface area contributed by atoms with Crippen molar-refractivity contribution in [2.45, 2.75) is 45.4 Å². The first kappa shape index (κ1) is 23.4. The fourth-order valence-electron chi connectivity index (χ4n) is 3.35. The van der Waals surface area contributed by atoms with Gasteiger partial charge in [0.15, 0.2) is 0 Å². The van der Waals surface area contributed by atoms with Crippen LogP contribution < -0.4 is 5.32 Å². The van der Waals surface area contributed by atoms with Gasteiger partial charge in [-0.05, 0) is 42.7 Å². The number of benzene rings is 2. The van der Waals surface area contributed by atoms with Crippen molar-refractivity contribution < 1.29 is 22.8 Å². The largest absolute Gasteiger partial charge is 0.435 e. The highest BCUT2D eigenvalue weighted by atomic mass is 35.5. The molecule has 0 saturated heterocycles. The van der Waals surface area contributed by atoms with Crippen molar-refractivity contribution >= 4 is 40.5 Å². The molecule has 0 fully saturated rings. The van der Waals surface area contributed by atoms with Gasteiger partial charge in [-0.2, -0.15) is 13.2 Å². The molecule has 9 heteroatoms. The number of carbonyl (C=O) groups is 1. The summed E-state index contributed by atoms with van der Waals surface area (Å²) in [4.78, 5) is 17.2. The van der Waals surface area contributed by atoms with Crippen LogP contribution in [0.15, 0.2) is 41.6 Å². The van der Waals surface area contributed by atoms with E-state index in [2.05, 4.69) is 10.5 Å². The maximum atomic E-state index is 14.1. The Labute approximate surface area is 188 Å². The van der Waals surface area contributed by atoms with Crippen molar-refractivity contribution in [3.63, 3.8) is 0 Å². The van der Waals surface area contributed by atoms with Crippen molar-refractivity contribution in [3.05, 3.63) is 63.1 Å². The first-order valence-electron chi connectivity index (χ1n) is 9.60. The van der Waals surface area contributed by atoms with Crippen LogP contribution in [0.5, 0.6) is 0 Å². The first-order chi connectivity index (χ1) is 14.4. The van der Waals surface area contributed by atoms with Gasteiger partial charge in [-0.1, -0.05) is 54.3 Å². The second kappa shape index (κ2) is 8.71.